The van der Waals surface area contributed by atoms with Crippen molar-refractivity contribution in [2.45, 2.75) is 48.8 Å². The van der Waals surface area contributed by atoms with Gasteiger partial charge in [-0.15, -0.1) is 0 Å². The van der Waals surface area contributed by atoms with E-state index in [1.807, 2.05) is 29.2 Å². The number of aromatic nitrogens is 2. The highest BCUT2D eigenvalue weighted by Crippen LogP contribution is 2.34. The molecule has 1 unspecified atom stereocenters. The molecule has 10 heteroatoms. The van der Waals surface area contributed by atoms with Gasteiger partial charge in [0.25, 0.3) is 0 Å². The smallest absolute Gasteiger partial charge is 0.224 e. The molecule has 1 aliphatic heterocycles. The van der Waals surface area contributed by atoms with Crippen molar-refractivity contribution in [3.63, 3.8) is 0 Å². The summed E-state index contributed by atoms with van der Waals surface area (Å²) >= 11 is 1.36. The van der Waals surface area contributed by atoms with Gasteiger partial charge in [0.05, 0.1) is 6.54 Å². The summed E-state index contributed by atoms with van der Waals surface area (Å²) in [5.74, 6) is 1.64. The molecule has 1 aromatic carbocycles. The third-order valence-corrected chi connectivity index (χ3v) is 6.28. The van der Waals surface area contributed by atoms with E-state index < -0.39 is 6.17 Å². The molecule has 8 nitrogen and oxygen atoms in total. The molecule has 0 bridgehead atoms. The number of carbonyl (C=O) groups is 1. The van der Waals surface area contributed by atoms with E-state index in [4.69, 9.17) is 11.5 Å². The SMILES string of the molecule is CCC(=O)Nc1ccc(Sc2nc(/N=C(N)/C=C(\N)C3CC3)cc(N3CCC(F)C3)n2)cc1. The number of alkyl halides is 1. The van der Waals surface area contributed by atoms with Crippen LogP contribution in [0.2, 0.25) is 0 Å². The molecule has 0 spiro atoms. The van der Waals surface area contributed by atoms with Gasteiger partial charge in [0.15, 0.2) is 11.0 Å². The van der Waals surface area contributed by atoms with Gasteiger partial charge in [0, 0.05) is 35.3 Å². The number of halogens is 1. The van der Waals surface area contributed by atoms with Gasteiger partial charge in [-0.1, -0.05) is 6.92 Å². The third-order valence-electron chi connectivity index (χ3n) is 5.41. The van der Waals surface area contributed by atoms with Crippen LogP contribution in [0.15, 0.2) is 57.1 Å². The molecule has 1 saturated heterocycles. The van der Waals surface area contributed by atoms with Gasteiger partial charge < -0.3 is 21.7 Å². The Labute approximate surface area is 196 Å². The molecule has 2 aromatic rings. The number of allylic oxidation sites excluding steroid dienone is 1. The van der Waals surface area contributed by atoms with Crippen LogP contribution in [0, 0.1) is 5.92 Å². The standard InChI is InChI=1S/C23H28FN7OS/c1-2-22(32)27-16-5-7-17(8-6-16)33-23-29-20(28-19(26)11-18(25)14-3-4-14)12-21(30-23)31-10-9-15(24)13-31/h5-8,11-12,14-15H,2-4,9-10,13,25H2,1H3,(H,27,32)(H2,26,28,29,30)/b18-11-. The molecule has 0 radical (unpaired) electrons. The van der Waals surface area contributed by atoms with Gasteiger partial charge in [0.1, 0.15) is 17.8 Å². The Bertz CT molecular complexity index is 1070. The highest BCUT2D eigenvalue weighted by Gasteiger charge is 2.25. The first kappa shape index (κ1) is 23.0. The lowest BCUT2D eigenvalue weighted by Gasteiger charge is -2.17. The Hall–Kier alpha value is -3.14. The van der Waals surface area contributed by atoms with Crippen molar-refractivity contribution in [1.29, 1.82) is 0 Å². The van der Waals surface area contributed by atoms with Crippen molar-refractivity contribution in [2.75, 3.05) is 23.3 Å². The highest BCUT2D eigenvalue weighted by molar-refractivity contribution is 7.99. The van der Waals surface area contributed by atoms with Crippen molar-refractivity contribution >= 4 is 40.8 Å². The number of carbonyl (C=O) groups excluding carboxylic acids is 1. The van der Waals surface area contributed by atoms with Crippen LogP contribution in [0.3, 0.4) is 0 Å². The van der Waals surface area contributed by atoms with Gasteiger partial charge in [-0.25, -0.2) is 19.4 Å². The van der Waals surface area contributed by atoms with E-state index in [1.54, 1.807) is 19.1 Å². The van der Waals surface area contributed by atoms with E-state index in [1.165, 1.54) is 11.8 Å². The predicted octanol–water partition coefficient (Wildman–Crippen LogP) is 3.77. The monoisotopic (exact) mass is 469 g/mol. The molecule has 5 N–H and O–H groups in total. The Morgan fingerprint density at radius 1 is 1.27 bits per heavy atom. The van der Waals surface area contributed by atoms with E-state index >= 15 is 0 Å². The zero-order valence-electron chi connectivity index (χ0n) is 18.5. The highest BCUT2D eigenvalue weighted by atomic mass is 32.2. The Morgan fingerprint density at radius 3 is 2.67 bits per heavy atom. The summed E-state index contributed by atoms with van der Waals surface area (Å²) in [5.41, 5.74) is 13.6. The maximum atomic E-state index is 13.8. The second-order valence-corrected chi connectivity index (χ2v) is 9.22. The number of nitrogens with one attached hydrogen (secondary N) is 1. The van der Waals surface area contributed by atoms with Crippen LogP contribution >= 0.6 is 11.8 Å². The maximum absolute atomic E-state index is 13.8. The minimum absolute atomic E-state index is 0.0420. The third kappa shape index (κ3) is 6.44. The van der Waals surface area contributed by atoms with Gasteiger partial charge in [-0.05, 0) is 67.3 Å². The molecule has 4 rings (SSSR count). The molecular formula is C23H28FN7OS. The lowest BCUT2D eigenvalue weighted by molar-refractivity contribution is -0.115. The fourth-order valence-corrected chi connectivity index (χ4v) is 4.18. The number of amidine groups is 1. The van der Waals surface area contributed by atoms with Crippen LogP contribution in [0.4, 0.5) is 21.7 Å². The first-order chi connectivity index (χ1) is 15.9. The van der Waals surface area contributed by atoms with Crippen LogP contribution in [-0.4, -0.2) is 41.0 Å². The number of hydrogen-bond donors (Lipinski definition) is 3. The molecular weight excluding hydrogens is 441 g/mol. The normalized spacial score (nSPS) is 19.1. The lowest BCUT2D eigenvalue weighted by atomic mass is 10.3. The molecule has 1 aromatic heterocycles. The maximum Gasteiger partial charge on any atom is 0.224 e. The molecule has 2 heterocycles. The second kappa shape index (κ2) is 10.2. The number of nitrogens with two attached hydrogens (primary N) is 2. The van der Waals surface area contributed by atoms with E-state index in [-0.39, 0.29) is 11.7 Å². The summed E-state index contributed by atoms with van der Waals surface area (Å²) in [7, 11) is 0. The number of benzene rings is 1. The predicted molar refractivity (Wildman–Crippen MR) is 130 cm³/mol. The van der Waals surface area contributed by atoms with E-state index in [0.29, 0.717) is 48.6 Å². The van der Waals surface area contributed by atoms with Crippen molar-refractivity contribution < 1.29 is 9.18 Å². The topological polar surface area (TPSA) is 123 Å². The van der Waals surface area contributed by atoms with Gasteiger partial charge in [-0.2, -0.15) is 0 Å². The van der Waals surface area contributed by atoms with E-state index in [0.717, 1.165) is 29.1 Å². The summed E-state index contributed by atoms with van der Waals surface area (Å²) in [6.45, 7) is 2.68. The second-order valence-electron chi connectivity index (χ2n) is 8.18. The van der Waals surface area contributed by atoms with Gasteiger partial charge in [-0.3, -0.25) is 4.79 Å². The van der Waals surface area contributed by atoms with Crippen LogP contribution in [-0.2, 0) is 4.79 Å². The van der Waals surface area contributed by atoms with Crippen molar-refractivity contribution in [3.8, 4) is 0 Å². The molecule has 174 valence electrons. The van der Waals surface area contributed by atoms with Crippen molar-refractivity contribution in [2.24, 2.45) is 22.4 Å². The summed E-state index contributed by atoms with van der Waals surface area (Å²) in [5, 5.41) is 3.30. The van der Waals surface area contributed by atoms with Crippen LogP contribution in [0.25, 0.3) is 0 Å². The van der Waals surface area contributed by atoms with Crippen molar-refractivity contribution in [1.82, 2.24) is 9.97 Å². The van der Waals surface area contributed by atoms with Crippen LogP contribution in [0.5, 0.6) is 0 Å². The molecule has 33 heavy (non-hydrogen) atoms. The van der Waals surface area contributed by atoms with Crippen LogP contribution < -0.4 is 21.7 Å². The minimum atomic E-state index is -0.875. The molecule has 1 saturated carbocycles. The number of amides is 1. The van der Waals surface area contributed by atoms with Crippen molar-refractivity contribution in [3.05, 3.63) is 42.1 Å². The van der Waals surface area contributed by atoms with Crippen LogP contribution in [0.1, 0.15) is 32.6 Å². The Kier molecular flexibility index (Phi) is 7.12. The minimum Gasteiger partial charge on any atom is -0.402 e. The quantitative estimate of drug-likeness (QED) is 0.306. The fraction of sp³-hybridized carbons (Fsp3) is 0.391. The fourth-order valence-electron chi connectivity index (χ4n) is 3.42. The number of hydrogen-bond acceptors (Lipinski definition) is 7. The van der Waals surface area contributed by atoms with E-state index in [2.05, 4.69) is 20.3 Å². The molecule has 1 aliphatic carbocycles. The number of rotatable bonds is 8. The molecule has 2 fully saturated rings. The zero-order valence-corrected chi connectivity index (χ0v) is 19.3. The van der Waals surface area contributed by atoms with Gasteiger partial charge in [0.2, 0.25) is 5.91 Å². The zero-order chi connectivity index (χ0) is 23.4. The lowest BCUT2D eigenvalue weighted by Crippen LogP contribution is -2.21. The summed E-state index contributed by atoms with van der Waals surface area (Å²) in [6.07, 6.45) is 3.85. The summed E-state index contributed by atoms with van der Waals surface area (Å²) in [6, 6.07) is 9.15. The molecule has 1 amide bonds. The summed E-state index contributed by atoms with van der Waals surface area (Å²) < 4.78 is 13.8. The molecule has 1 atom stereocenters. The Morgan fingerprint density at radius 2 is 2.03 bits per heavy atom. The summed E-state index contributed by atoms with van der Waals surface area (Å²) in [4.78, 5) is 27.9. The van der Waals surface area contributed by atoms with Gasteiger partial charge >= 0.3 is 0 Å². The largest absolute Gasteiger partial charge is 0.402 e. The van der Waals surface area contributed by atoms with E-state index in [9.17, 15) is 9.18 Å². The number of aliphatic imine (C=N–C) groups is 1. The first-order valence-corrected chi connectivity index (χ1v) is 11.9. The first-order valence-electron chi connectivity index (χ1n) is 11.1. The Balaban J connectivity index is 1.57. The average molecular weight is 470 g/mol. The average Bonchev–Trinajstić information content (AvgIpc) is 3.55. The number of anilines is 2. The number of nitrogens with zero attached hydrogens (tertiary/aromatic N) is 4. The molecule has 2 aliphatic rings.